The lowest BCUT2D eigenvalue weighted by atomic mass is 10.3. The van der Waals surface area contributed by atoms with Gasteiger partial charge in [0.2, 0.25) is 0 Å². The molecule has 0 aliphatic rings. The lowest BCUT2D eigenvalue weighted by Crippen LogP contribution is -1.81. The van der Waals surface area contributed by atoms with Crippen LogP contribution >= 0.6 is 34.8 Å². The first kappa shape index (κ1) is 13.2. The van der Waals surface area contributed by atoms with Crippen LogP contribution in [-0.4, -0.2) is 21.5 Å². The maximum absolute atomic E-state index is 9.01. The Morgan fingerprint density at radius 1 is 1.07 bits per heavy atom. The van der Waals surface area contributed by atoms with Crippen LogP contribution < -0.4 is 0 Å². The molecule has 3 N–H and O–H groups in total. The van der Waals surface area contributed by atoms with Crippen molar-refractivity contribution in [3.8, 4) is 5.75 Å². The van der Waals surface area contributed by atoms with Gasteiger partial charge in [0.25, 0.3) is 0 Å². The van der Waals surface area contributed by atoms with Crippen molar-refractivity contribution in [2.75, 3.05) is 0 Å². The number of benzene rings is 1. The van der Waals surface area contributed by atoms with Gasteiger partial charge in [0.05, 0.1) is 10.0 Å². The molecule has 0 spiro atoms. The highest BCUT2D eigenvalue weighted by Crippen LogP contribution is 2.34. The Hall–Kier alpha value is -0.840. The van der Waals surface area contributed by atoms with Crippen LogP contribution in [0.15, 0.2) is 12.1 Å². The highest BCUT2D eigenvalue weighted by Gasteiger charge is 2.03. The second-order valence-corrected chi connectivity index (χ2v) is 3.25. The molecule has 1 rings (SSSR count). The molecule has 0 saturated heterocycles. The van der Waals surface area contributed by atoms with E-state index in [1.807, 2.05) is 0 Å². The Kier molecular flexibility index (Phi) is 5.45. The van der Waals surface area contributed by atoms with Gasteiger partial charge in [-0.25, -0.2) is 4.79 Å². The van der Waals surface area contributed by atoms with Crippen molar-refractivity contribution in [2.45, 2.75) is 0 Å². The van der Waals surface area contributed by atoms with E-state index in [0.717, 1.165) is 0 Å². The Balaban J connectivity index is 0.000000364. The molecule has 0 aromatic heterocycles. The van der Waals surface area contributed by atoms with E-state index in [-0.39, 0.29) is 15.8 Å². The van der Waals surface area contributed by atoms with Crippen LogP contribution in [0.25, 0.3) is 0 Å². The second kappa shape index (κ2) is 5.80. The van der Waals surface area contributed by atoms with Gasteiger partial charge >= 0.3 is 6.16 Å². The monoisotopic (exact) mass is 258 g/mol. The van der Waals surface area contributed by atoms with Gasteiger partial charge in [0.1, 0.15) is 0 Å². The summed E-state index contributed by atoms with van der Waals surface area (Å²) in [5.74, 6) is -0.132. The molecule has 78 valence electrons. The summed E-state index contributed by atoms with van der Waals surface area (Å²) in [6, 6.07) is 2.84. The number of carbonyl (C=O) groups is 1. The standard InChI is InChI=1S/C6H3Cl3O.CH2O3/c7-3-1-4(8)6(10)5(9)2-3;2-1(3)4/h1-2,10H;(H2,2,3,4). The van der Waals surface area contributed by atoms with Crippen LogP contribution in [0.4, 0.5) is 4.79 Å². The zero-order valence-corrected chi connectivity index (χ0v) is 8.81. The minimum Gasteiger partial charge on any atom is -0.505 e. The first-order chi connectivity index (χ1) is 6.34. The van der Waals surface area contributed by atoms with E-state index in [9.17, 15) is 0 Å². The van der Waals surface area contributed by atoms with Crippen molar-refractivity contribution in [1.82, 2.24) is 0 Å². The highest BCUT2D eigenvalue weighted by molar-refractivity contribution is 6.40. The topological polar surface area (TPSA) is 77.8 Å². The molecule has 14 heavy (non-hydrogen) atoms. The summed E-state index contributed by atoms with van der Waals surface area (Å²) in [5.41, 5.74) is 0. The molecular weight excluding hydrogens is 254 g/mol. The summed E-state index contributed by atoms with van der Waals surface area (Å²) in [6.07, 6.45) is -1.83. The number of carboxylic acid groups (broad SMARTS) is 2. The van der Waals surface area contributed by atoms with Crippen LogP contribution in [0.2, 0.25) is 15.1 Å². The number of rotatable bonds is 0. The third-order valence-electron chi connectivity index (χ3n) is 0.982. The summed E-state index contributed by atoms with van der Waals surface area (Å²) in [5, 5.41) is 23.7. The number of phenolic OH excluding ortho intramolecular Hbond substituents is 1. The van der Waals surface area contributed by atoms with E-state index >= 15 is 0 Å². The predicted molar refractivity (Wildman–Crippen MR) is 53.8 cm³/mol. The fraction of sp³-hybridized carbons (Fsp3) is 0. The Morgan fingerprint density at radius 2 is 1.36 bits per heavy atom. The van der Waals surface area contributed by atoms with E-state index in [1.165, 1.54) is 12.1 Å². The molecule has 0 amide bonds. The molecule has 1 aromatic rings. The van der Waals surface area contributed by atoms with Gasteiger partial charge in [0, 0.05) is 5.02 Å². The van der Waals surface area contributed by atoms with Crippen molar-refractivity contribution in [1.29, 1.82) is 0 Å². The average Bonchev–Trinajstić information content (AvgIpc) is 1.98. The number of aromatic hydroxyl groups is 1. The first-order valence-corrected chi connectivity index (χ1v) is 4.23. The van der Waals surface area contributed by atoms with Crippen molar-refractivity contribution in [2.24, 2.45) is 0 Å². The Bertz CT molecular complexity index is 313. The van der Waals surface area contributed by atoms with Crippen LogP contribution in [-0.2, 0) is 0 Å². The van der Waals surface area contributed by atoms with Gasteiger partial charge in [-0.2, -0.15) is 0 Å². The Labute approximate surface area is 94.3 Å². The minimum absolute atomic E-state index is 0.132. The number of halogens is 3. The summed E-state index contributed by atoms with van der Waals surface area (Å²) in [6.45, 7) is 0. The maximum atomic E-state index is 9.01. The predicted octanol–water partition coefficient (Wildman–Crippen LogP) is 3.57. The molecule has 0 bridgehead atoms. The molecule has 0 atom stereocenters. The van der Waals surface area contributed by atoms with E-state index in [1.54, 1.807) is 0 Å². The largest absolute Gasteiger partial charge is 0.505 e. The summed E-state index contributed by atoms with van der Waals surface area (Å²) in [4.78, 5) is 8.56. The number of phenols is 1. The zero-order chi connectivity index (χ0) is 11.3. The van der Waals surface area contributed by atoms with Crippen LogP contribution in [0.1, 0.15) is 0 Å². The quantitative estimate of drug-likeness (QED) is 0.665. The second-order valence-electron chi connectivity index (χ2n) is 2.00. The van der Waals surface area contributed by atoms with Gasteiger partial charge in [-0.05, 0) is 12.1 Å². The van der Waals surface area contributed by atoms with Gasteiger partial charge < -0.3 is 15.3 Å². The fourth-order valence-corrected chi connectivity index (χ4v) is 1.35. The molecule has 0 aliphatic carbocycles. The van der Waals surface area contributed by atoms with Gasteiger partial charge in [-0.3, -0.25) is 0 Å². The maximum Gasteiger partial charge on any atom is 0.503 e. The highest BCUT2D eigenvalue weighted by atomic mass is 35.5. The zero-order valence-electron chi connectivity index (χ0n) is 6.54. The van der Waals surface area contributed by atoms with Crippen molar-refractivity contribution in [3.05, 3.63) is 27.2 Å². The molecule has 1 aromatic carbocycles. The van der Waals surface area contributed by atoms with Crippen LogP contribution in [0.3, 0.4) is 0 Å². The van der Waals surface area contributed by atoms with E-state index in [0.29, 0.717) is 5.02 Å². The first-order valence-electron chi connectivity index (χ1n) is 3.10. The van der Waals surface area contributed by atoms with Crippen LogP contribution in [0, 0.1) is 0 Å². The van der Waals surface area contributed by atoms with Gasteiger partial charge in [-0.1, -0.05) is 34.8 Å². The van der Waals surface area contributed by atoms with E-state index in [4.69, 9.17) is 54.9 Å². The fourth-order valence-electron chi connectivity index (χ4n) is 0.535. The summed E-state index contributed by atoms with van der Waals surface area (Å²) in [7, 11) is 0. The van der Waals surface area contributed by atoms with Gasteiger partial charge in [0.15, 0.2) is 5.75 Å². The molecule has 0 radical (unpaired) electrons. The molecule has 0 aliphatic heterocycles. The van der Waals surface area contributed by atoms with Crippen LogP contribution in [0.5, 0.6) is 5.75 Å². The third kappa shape index (κ3) is 5.01. The Morgan fingerprint density at radius 3 is 1.64 bits per heavy atom. The minimum atomic E-state index is -1.83. The van der Waals surface area contributed by atoms with Crippen molar-refractivity contribution in [3.63, 3.8) is 0 Å². The smallest absolute Gasteiger partial charge is 0.503 e. The van der Waals surface area contributed by atoms with E-state index < -0.39 is 6.16 Å². The van der Waals surface area contributed by atoms with Gasteiger partial charge in [-0.15, -0.1) is 0 Å². The molecule has 4 nitrogen and oxygen atoms in total. The molecule has 0 saturated carbocycles. The SMILES string of the molecule is O=C(O)O.Oc1c(Cl)cc(Cl)cc1Cl. The molecule has 0 fully saturated rings. The van der Waals surface area contributed by atoms with Crippen molar-refractivity contribution < 1.29 is 20.1 Å². The summed E-state index contributed by atoms with van der Waals surface area (Å²) >= 11 is 16.5. The number of hydrogen-bond donors (Lipinski definition) is 3. The molecule has 7 heteroatoms. The van der Waals surface area contributed by atoms with Crippen molar-refractivity contribution >= 4 is 41.0 Å². The molecule has 0 heterocycles. The molecule has 0 unspecified atom stereocenters. The van der Waals surface area contributed by atoms with E-state index in [2.05, 4.69) is 0 Å². The average molecular weight is 259 g/mol. The third-order valence-corrected chi connectivity index (χ3v) is 1.78. The molecular formula is C7H5Cl3O4. The normalized spacial score (nSPS) is 8.79. The lowest BCUT2D eigenvalue weighted by molar-refractivity contribution is 0.137. The number of hydrogen-bond acceptors (Lipinski definition) is 2. The lowest BCUT2D eigenvalue weighted by Gasteiger charge is -1.98. The summed E-state index contributed by atoms with van der Waals surface area (Å²) < 4.78 is 0.